The van der Waals surface area contributed by atoms with Gasteiger partial charge in [-0.15, -0.1) is 0 Å². The maximum Gasteiger partial charge on any atom is 0.156 e. The molecule has 0 saturated heterocycles. The summed E-state index contributed by atoms with van der Waals surface area (Å²) in [5.74, 6) is 2.33. The molecule has 10 rings (SSSR count). The van der Waals surface area contributed by atoms with E-state index in [2.05, 4.69) is 183 Å². The minimum atomic E-state index is -0.554. The zero-order chi connectivity index (χ0) is 38.3. The van der Waals surface area contributed by atoms with Crippen LogP contribution in [0.4, 0.5) is 0 Å². The van der Waals surface area contributed by atoms with E-state index in [1.807, 2.05) is 30.3 Å². The van der Waals surface area contributed by atoms with Gasteiger partial charge in [-0.3, -0.25) is 0 Å². The van der Waals surface area contributed by atoms with Crippen molar-refractivity contribution >= 4 is 11.1 Å². The van der Waals surface area contributed by atoms with E-state index in [0.717, 1.165) is 73.0 Å². The molecule has 0 N–H and O–H groups in total. The number of allylic oxidation sites excluding steroid dienone is 5. The first-order valence-electron chi connectivity index (χ1n) is 19.4. The zero-order valence-electron chi connectivity index (χ0n) is 31.6. The second-order valence-electron chi connectivity index (χ2n) is 14.6. The van der Waals surface area contributed by atoms with Gasteiger partial charge < -0.3 is 4.74 Å². The van der Waals surface area contributed by atoms with Gasteiger partial charge in [0.05, 0.1) is 16.8 Å². The van der Waals surface area contributed by atoms with Gasteiger partial charge in [0, 0.05) is 27.8 Å². The molecule has 2 aliphatic rings. The van der Waals surface area contributed by atoms with E-state index in [-0.39, 0.29) is 0 Å². The van der Waals surface area contributed by atoms with Gasteiger partial charge >= 0.3 is 0 Å². The van der Waals surface area contributed by atoms with Gasteiger partial charge in [-0.25, -0.2) is 9.97 Å². The van der Waals surface area contributed by atoms with E-state index in [1.54, 1.807) is 0 Å². The van der Waals surface area contributed by atoms with Crippen LogP contribution in [0.5, 0.6) is 11.5 Å². The van der Waals surface area contributed by atoms with Gasteiger partial charge in [-0.1, -0.05) is 183 Å². The molecular weight excluding hydrogens is 693 g/mol. The molecule has 0 fully saturated rings. The number of para-hydroxylation sites is 2. The quantitative estimate of drug-likeness (QED) is 0.153. The van der Waals surface area contributed by atoms with E-state index in [4.69, 9.17) is 14.7 Å². The smallest absolute Gasteiger partial charge is 0.156 e. The summed E-state index contributed by atoms with van der Waals surface area (Å²) in [6.07, 6.45) is 6.06. The minimum Gasteiger partial charge on any atom is -0.456 e. The molecule has 0 amide bonds. The Bertz CT molecular complexity index is 2860. The summed E-state index contributed by atoms with van der Waals surface area (Å²) < 4.78 is 7.01. The van der Waals surface area contributed by atoms with E-state index < -0.39 is 5.41 Å². The molecule has 270 valence electrons. The Kier molecular flexibility index (Phi) is 8.42. The maximum atomic E-state index is 7.01. The first kappa shape index (κ1) is 34.2. The number of rotatable bonds is 7. The van der Waals surface area contributed by atoms with Crippen molar-refractivity contribution in [1.29, 1.82) is 0 Å². The van der Waals surface area contributed by atoms with E-state index in [0.29, 0.717) is 5.82 Å². The van der Waals surface area contributed by atoms with Crippen molar-refractivity contribution in [2.45, 2.75) is 12.3 Å². The molecule has 1 spiro atoms. The number of hydrogen-bond donors (Lipinski definition) is 0. The monoisotopic (exact) mass is 730 g/mol. The highest BCUT2D eigenvalue weighted by atomic mass is 16.5. The lowest BCUT2D eigenvalue weighted by Gasteiger charge is -2.40. The SMILES string of the molecule is C=C/C=C(\C=C(/C)c1nc(-c2ccccc2)cc(-c2cccc(-c3ccccc3)c2)n1)c1cccc2c1Oc1ccccc1C21c2ccccc2-c2ccccc21. The predicted octanol–water partition coefficient (Wildman–Crippen LogP) is 13.6. The molecule has 1 aliphatic heterocycles. The Hall–Kier alpha value is -7.36. The summed E-state index contributed by atoms with van der Waals surface area (Å²) in [4.78, 5) is 10.4. The molecule has 2 heterocycles. The molecule has 0 radical (unpaired) electrons. The molecule has 0 bridgehead atoms. The summed E-state index contributed by atoms with van der Waals surface area (Å²) in [5.41, 5.74) is 15.6. The molecule has 1 aromatic heterocycles. The van der Waals surface area contributed by atoms with Crippen LogP contribution in [0.15, 0.2) is 207 Å². The highest BCUT2D eigenvalue weighted by Crippen LogP contribution is 2.62. The fourth-order valence-electron chi connectivity index (χ4n) is 8.76. The second kappa shape index (κ2) is 14.1. The lowest BCUT2D eigenvalue weighted by molar-refractivity contribution is 0.435. The Labute approximate surface area is 333 Å². The first-order valence-corrected chi connectivity index (χ1v) is 19.4. The van der Waals surface area contributed by atoms with Gasteiger partial charge in [0.2, 0.25) is 0 Å². The minimum absolute atomic E-state index is 0.554. The number of nitrogens with zero attached hydrogens (tertiary/aromatic N) is 2. The van der Waals surface area contributed by atoms with Crippen LogP contribution in [-0.4, -0.2) is 9.97 Å². The Balaban J connectivity index is 1.14. The number of ether oxygens (including phenoxy) is 1. The number of benzene rings is 7. The maximum absolute atomic E-state index is 7.01. The predicted molar refractivity (Wildman–Crippen MR) is 234 cm³/mol. The fraction of sp³-hybridized carbons (Fsp3) is 0.0370. The van der Waals surface area contributed by atoms with Crippen LogP contribution in [-0.2, 0) is 5.41 Å². The van der Waals surface area contributed by atoms with E-state index in [9.17, 15) is 0 Å². The van der Waals surface area contributed by atoms with Crippen LogP contribution >= 0.6 is 0 Å². The summed E-state index contributed by atoms with van der Waals surface area (Å²) in [5, 5.41) is 0. The van der Waals surface area contributed by atoms with Crippen LogP contribution in [0, 0.1) is 0 Å². The molecule has 7 aromatic carbocycles. The molecule has 3 heteroatoms. The molecule has 1 aliphatic carbocycles. The summed E-state index contributed by atoms with van der Waals surface area (Å²) >= 11 is 0. The lowest BCUT2D eigenvalue weighted by Crippen LogP contribution is -2.32. The molecule has 8 aromatic rings. The van der Waals surface area contributed by atoms with Crippen molar-refractivity contribution in [3.8, 4) is 56.3 Å². The molecule has 0 atom stereocenters. The average Bonchev–Trinajstić information content (AvgIpc) is 3.57. The highest BCUT2D eigenvalue weighted by molar-refractivity contribution is 5.92. The standard InChI is InChI=1S/C54H38N2O/c1-3-18-40(33-36(2)53-55-49(38-21-8-5-9-22-38)35-50(56-53)41-24-16-23-39(34-41)37-19-6-4-7-20-37)42-27-17-31-48-52(42)57-51-32-15-14-30-47(51)54(48)45-28-12-10-25-43(45)44-26-11-13-29-46(44)54/h3-35H,1H2,2H3/b36-33+,40-18+. The van der Waals surface area contributed by atoms with Crippen molar-refractivity contribution < 1.29 is 4.74 Å². The van der Waals surface area contributed by atoms with Crippen molar-refractivity contribution in [1.82, 2.24) is 9.97 Å². The van der Waals surface area contributed by atoms with Gasteiger partial charge in [-0.2, -0.15) is 0 Å². The topological polar surface area (TPSA) is 35.0 Å². The van der Waals surface area contributed by atoms with Crippen LogP contribution in [0.2, 0.25) is 0 Å². The zero-order valence-corrected chi connectivity index (χ0v) is 31.6. The van der Waals surface area contributed by atoms with Crippen molar-refractivity contribution in [3.63, 3.8) is 0 Å². The number of aromatic nitrogens is 2. The number of fused-ring (bicyclic) bond motifs is 9. The van der Waals surface area contributed by atoms with Gasteiger partial charge in [-0.05, 0) is 75.7 Å². The molecule has 0 saturated carbocycles. The number of hydrogen-bond acceptors (Lipinski definition) is 3. The van der Waals surface area contributed by atoms with Crippen LogP contribution in [0.25, 0.3) is 55.9 Å². The third-order valence-corrected chi connectivity index (χ3v) is 11.3. The third-order valence-electron chi connectivity index (χ3n) is 11.3. The Morgan fingerprint density at radius 3 is 1.77 bits per heavy atom. The van der Waals surface area contributed by atoms with Gasteiger partial charge in [0.15, 0.2) is 5.82 Å². The van der Waals surface area contributed by atoms with Gasteiger partial charge in [0.25, 0.3) is 0 Å². The molecule has 3 nitrogen and oxygen atoms in total. The highest BCUT2D eigenvalue weighted by Gasteiger charge is 2.51. The van der Waals surface area contributed by atoms with Crippen LogP contribution < -0.4 is 4.74 Å². The van der Waals surface area contributed by atoms with Crippen molar-refractivity contribution in [2.75, 3.05) is 0 Å². The fourth-order valence-corrected chi connectivity index (χ4v) is 8.76. The van der Waals surface area contributed by atoms with Crippen LogP contribution in [0.1, 0.15) is 40.6 Å². The molecule has 0 unspecified atom stereocenters. The van der Waals surface area contributed by atoms with Crippen molar-refractivity contribution in [3.05, 3.63) is 240 Å². The van der Waals surface area contributed by atoms with Crippen LogP contribution in [0.3, 0.4) is 0 Å². The molecular formula is C54H38N2O. The third kappa shape index (κ3) is 5.67. The second-order valence-corrected chi connectivity index (χ2v) is 14.6. The molecule has 57 heavy (non-hydrogen) atoms. The van der Waals surface area contributed by atoms with Crippen molar-refractivity contribution in [2.24, 2.45) is 0 Å². The Morgan fingerprint density at radius 2 is 1.07 bits per heavy atom. The largest absolute Gasteiger partial charge is 0.456 e. The lowest BCUT2D eigenvalue weighted by atomic mass is 9.65. The average molecular weight is 731 g/mol. The first-order chi connectivity index (χ1) is 28.1. The van der Waals surface area contributed by atoms with E-state index in [1.165, 1.54) is 22.3 Å². The van der Waals surface area contributed by atoms with Gasteiger partial charge in [0.1, 0.15) is 11.5 Å². The summed E-state index contributed by atoms with van der Waals surface area (Å²) in [6, 6.07) is 64.1. The van der Waals surface area contributed by atoms with E-state index >= 15 is 0 Å². The summed E-state index contributed by atoms with van der Waals surface area (Å²) in [7, 11) is 0. The summed E-state index contributed by atoms with van der Waals surface area (Å²) in [6.45, 7) is 6.23. The normalized spacial score (nSPS) is 13.6. The Morgan fingerprint density at radius 1 is 0.526 bits per heavy atom.